The van der Waals surface area contributed by atoms with Gasteiger partial charge in [-0.3, -0.25) is 0 Å². The van der Waals surface area contributed by atoms with Gasteiger partial charge in [-0.1, -0.05) is 0 Å². The fraction of sp³-hybridized carbons (Fsp3) is 0.188. The van der Waals surface area contributed by atoms with Gasteiger partial charge in [-0.05, 0) is 58.7 Å². The number of aromatic nitrogens is 2. The van der Waals surface area contributed by atoms with E-state index in [2.05, 4.69) is 33.4 Å². The lowest BCUT2D eigenvalue weighted by atomic mass is 10.2. The zero-order chi connectivity index (χ0) is 15.1. The van der Waals surface area contributed by atoms with Crippen molar-refractivity contribution in [2.24, 2.45) is 0 Å². The van der Waals surface area contributed by atoms with E-state index in [-0.39, 0.29) is 0 Å². The third kappa shape index (κ3) is 2.23. The third-order valence-electron chi connectivity index (χ3n) is 3.77. The van der Waals surface area contributed by atoms with Gasteiger partial charge in [0.15, 0.2) is 0 Å². The average Bonchev–Trinajstić information content (AvgIpc) is 3.23. The van der Waals surface area contributed by atoms with Gasteiger partial charge in [0.05, 0.1) is 21.5 Å². The Morgan fingerprint density at radius 1 is 1.23 bits per heavy atom. The Bertz CT molecular complexity index is 823. The van der Waals surface area contributed by atoms with Crippen LogP contribution in [0, 0.1) is 0 Å². The van der Waals surface area contributed by atoms with Crippen molar-refractivity contribution in [1.29, 1.82) is 0 Å². The summed E-state index contributed by atoms with van der Waals surface area (Å²) in [6.45, 7) is 0.961. The van der Waals surface area contributed by atoms with Crippen LogP contribution >= 0.6 is 27.3 Å². The Balaban J connectivity index is 1.83. The second kappa shape index (κ2) is 5.44. The van der Waals surface area contributed by atoms with E-state index in [1.54, 1.807) is 18.4 Å². The minimum atomic E-state index is 0.850. The summed E-state index contributed by atoms with van der Waals surface area (Å²) in [4.78, 5) is 1.19. The van der Waals surface area contributed by atoms with Gasteiger partial charge in [0, 0.05) is 12.1 Å². The predicted octanol–water partition coefficient (Wildman–Crippen LogP) is 4.34. The Hall–Kier alpha value is -1.79. The third-order valence-corrected chi connectivity index (χ3v) is 5.40. The van der Waals surface area contributed by atoms with Crippen LogP contribution in [0.5, 0.6) is 5.75 Å². The van der Waals surface area contributed by atoms with Gasteiger partial charge in [0.2, 0.25) is 0 Å². The van der Waals surface area contributed by atoms with E-state index >= 15 is 0 Å². The number of rotatable bonds is 3. The van der Waals surface area contributed by atoms with E-state index in [1.807, 2.05) is 28.9 Å². The molecule has 0 spiro atoms. The second-order valence-corrected chi connectivity index (χ2v) is 7.53. The molecule has 3 heterocycles. The number of thiophene rings is 1. The Morgan fingerprint density at radius 3 is 2.73 bits per heavy atom. The largest absolute Gasteiger partial charge is 0.497 e. The first-order chi connectivity index (χ1) is 10.8. The monoisotopic (exact) mass is 375 g/mol. The number of halogens is 1. The summed E-state index contributed by atoms with van der Waals surface area (Å²) < 4.78 is 8.34. The highest BCUT2D eigenvalue weighted by molar-refractivity contribution is 9.11. The molecule has 0 bridgehead atoms. The molecular weight excluding hydrogens is 362 g/mol. The lowest BCUT2D eigenvalue weighted by molar-refractivity contribution is 0.414. The number of anilines is 1. The Labute approximate surface area is 140 Å². The smallest absolute Gasteiger partial charge is 0.133 e. The normalized spacial score (nSPS) is 13.0. The van der Waals surface area contributed by atoms with Crippen molar-refractivity contribution in [3.8, 4) is 22.0 Å². The van der Waals surface area contributed by atoms with E-state index in [0.717, 1.165) is 39.7 Å². The van der Waals surface area contributed by atoms with Gasteiger partial charge in [0.1, 0.15) is 17.3 Å². The van der Waals surface area contributed by atoms with Crippen LogP contribution in [0.1, 0.15) is 5.56 Å². The first-order valence-corrected chi connectivity index (χ1v) is 8.63. The molecule has 4 rings (SSSR count). The molecule has 0 fully saturated rings. The summed E-state index contributed by atoms with van der Waals surface area (Å²) in [6.07, 6.45) is 1.01. The Kier molecular flexibility index (Phi) is 3.43. The lowest BCUT2D eigenvalue weighted by Crippen LogP contribution is -2.04. The maximum absolute atomic E-state index is 5.23. The maximum Gasteiger partial charge on any atom is 0.133 e. The summed E-state index contributed by atoms with van der Waals surface area (Å²) in [5.74, 6) is 1.95. The number of nitrogens with zero attached hydrogens (tertiary/aromatic N) is 2. The number of hydrogen-bond acceptors (Lipinski definition) is 4. The first kappa shape index (κ1) is 13.8. The molecule has 0 radical (unpaired) electrons. The van der Waals surface area contributed by atoms with Crippen molar-refractivity contribution >= 4 is 33.1 Å². The molecular formula is C16H14BrN3OS. The van der Waals surface area contributed by atoms with Crippen LogP contribution in [0.2, 0.25) is 0 Å². The number of nitrogens with one attached hydrogen (secondary N) is 1. The van der Waals surface area contributed by atoms with E-state index in [0.29, 0.717) is 0 Å². The van der Waals surface area contributed by atoms with Crippen LogP contribution in [-0.4, -0.2) is 23.4 Å². The molecule has 0 saturated carbocycles. The van der Waals surface area contributed by atoms with E-state index in [1.165, 1.54) is 10.4 Å². The van der Waals surface area contributed by atoms with Crippen molar-refractivity contribution < 1.29 is 4.74 Å². The van der Waals surface area contributed by atoms with Crippen LogP contribution in [0.4, 0.5) is 5.82 Å². The summed E-state index contributed by atoms with van der Waals surface area (Å²) in [5.41, 5.74) is 3.41. The van der Waals surface area contributed by atoms with E-state index in [9.17, 15) is 0 Å². The maximum atomic E-state index is 5.23. The molecule has 1 N–H and O–H groups in total. The summed E-state index contributed by atoms with van der Waals surface area (Å²) in [5, 5.41) is 8.30. The van der Waals surface area contributed by atoms with Crippen LogP contribution in [-0.2, 0) is 6.42 Å². The highest BCUT2D eigenvalue weighted by Gasteiger charge is 2.24. The van der Waals surface area contributed by atoms with Crippen LogP contribution in [0.15, 0.2) is 40.2 Å². The minimum absolute atomic E-state index is 0.850. The molecule has 1 aliphatic rings. The fourth-order valence-electron chi connectivity index (χ4n) is 2.72. The van der Waals surface area contributed by atoms with E-state index in [4.69, 9.17) is 9.84 Å². The quantitative estimate of drug-likeness (QED) is 0.739. The molecule has 22 heavy (non-hydrogen) atoms. The van der Waals surface area contributed by atoms with Gasteiger partial charge >= 0.3 is 0 Å². The molecule has 3 aromatic rings. The second-order valence-electron chi connectivity index (χ2n) is 5.07. The zero-order valence-corrected chi connectivity index (χ0v) is 14.4. The van der Waals surface area contributed by atoms with Crippen molar-refractivity contribution in [2.75, 3.05) is 19.0 Å². The average molecular weight is 376 g/mol. The van der Waals surface area contributed by atoms with Crippen molar-refractivity contribution in [3.63, 3.8) is 0 Å². The van der Waals surface area contributed by atoms with Crippen LogP contribution in [0.3, 0.4) is 0 Å². The molecule has 0 unspecified atom stereocenters. The predicted molar refractivity (Wildman–Crippen MR) is 93.3 cm³/mol. The molecule has 0 atom stereocenters. The molecule has 4 nitrogen and oxygen atoms in total. The first-order valence-electron chi connectivity index (χ1n) is 7.02. The molecule has 2 aromatic heterocycles. The Morgan fingerprint density at radius 2 is 2.05 bits per heavy atom. The standard InChI is InChI=1S/C16H14BrN3OS/c1-21-11-4-2-10(3-5-11)20-16-12(8-9-18-16)15(19-20)13-6-7-14(17)22-13/h2-7,18H,8-9H2,1H3. The highest BCUT2D eigenvalue weighted by atomic mass is 79.9. The van der Waals surface area contributed by atoms with Crippen LogP contribution in [0.25, 0.3) is 16.3 Å². The van der Waals surface area contributed by atoms with Crippen molar-refractivity contribution in [1.82, 2.24) is 9.78 Å². The fourth-order valence-corrected chi connectivity index (χ4v) is 4.12. The number of fused-ring (bicyclic) bond motifs is 1. The number of benzene rings is 1. The SMILES string of the molecule is COc1ccc(-n2nc(-c3ccc(Br)s3)c3c2NCC3)cc1. The summed E-state index contributed by atoms with van der Waals surface area (Å²) in [7, 11) is 1.68. The lowest BCUT2D eigenvalue weighted by Gasteiger charge is -2.07. The zero-order valence-electron chi connectivity index (χ0n) is 12.0. The number of hydrogen-bond donors (Lipinski definition) is 1. The van der Waals surface area contributed by atoms with Gasteiger partial charge in [-0.2, -0.15) is 5.10 Å². The molecule has 1 aliphatic heterocycles. The molecule has 0 saturated heterocycles. The van der Waals surface area contributed by atoms with Gasteiger partial charge < -0.3 is 10.1 Å². The number of methoxy groups -OCH3 is 1. The molecule has 0 aliphatic carbocycles. The van der Waals surface area contributed by atoms with Crippen molar-refractivity contribution in [2.45, 2.75) is 6.42 Å². The van der Waals surface area contributed by atoms with Gasteiger partial charge in [-0.15, -0.1) is 11.3 Å². The molecule has 1 aromatic carbocycles. The van der Waals surface area contributed by atoms with Gasteiger partial charge in [0.25, 0.3) is 0 Å². The van der Waals surface area contributed by atoms with Gasteiger partial charge in [-0.25, -0.2) is 4.68 Å². The molecule has 0 amide bonds. The van der Waals surface area contributed by atoms with Crippen molar-refractivity contribution in [3.05, 3.63) is 45.7 Å². The molecule has 112 valence electrons. The highest BCUT2D eigenvalue weighted by Crippen LogP contribution is 2.38. The van der Waals surface area contributed by atoms with Crippen LogP contribution < -0.4 is 10.1 Å². The minimum Gasteiger partial charge on any atom is -0.497 e. The molecule has 6 heteroatoms. The summed E-state index contributed by atoms with van der Waals surface area (Å²) in [6, 6.07) is 12.2. The van der Waals surface area contributed by atoms with E-state index < -0.39 is 0 Å². The number of ether oxygens (including phenoxy) is 1. The summed E-state index contributed by atoms with van der Waals surface area (Å²) >= 11 is 5.25. The topological polar surface area (TPSA) is 39.1 Å².